The molecule has 220 valence electrons. The van der Waals surface area contributed by atoms with Crippen LogP contribution in [0.5, 0.6) is 0 Å². The molecule has 8 nitrogen and oxygen atoms in total. The quantitative estimate of drug-likeness (QED) is 0.0739. The molecule has 0 amide bonds. The summed E-state index contributed by atoms with van der Waals surface area (Å²) in [5, 5.41) is 0. The zero-order valence-corrected chi connectivity index (χ0v) is 28.3. The normalized spacial score (nSPS) is 11.6. The van der Waals surface area contributed by atoms with Crippen molar-refractivity contribution in [1.29, 1.82) is 0 Å². The van der Waals surface area contributed by atoms with Gasteiger partial charge >= 0.3 is 37.7 Å². The van der Waals surface area contributed by atoms with Crippen molar-refractivity contribution in [3.63, 3.8) is 0 Å². The van der Waals surface area contributed by atoms with E-state index in [1.54, 1.807) is 0 Å². The monoisotopic (exact) mass is 596 g/mol. The molecule has 0 aliphatic carbocycles. The van der Waals surface area contributed by atoms with Crippen LogP contribution in [-0.4, -0.2) is 81.9 Å². The first kappa shape index (κ1) is 42.5. The fourth-order valence-electron chi connectivity index (χ4n) is 3.66. The largest absolute Gasteiger partial charge is 2.00 e. The van der Waals surface area contributed by atoms with E-state index in [1.807, 2.05) is 0 Å². The molecule has 0 aliphatic rings. The van der Waals surface area contributed by atoms with Gasteiger partial charge in [-0.2, -0.15) is 0 Å². The third kappa shape index (κ3) is 37.0. The Labute approximate surface area is 260 Å². The predicted octanol–water partition coefficient (Wildman–Crippen LogP) is 7.96. The van der Waals surface area contributed by atoms with Crippen LogP contribution >= 0.6 is 0 Å². The van der Waals surface area contributed by atoms with E-state index in [0.29, 0.717) is 13.1 Å². The molecule has 0 spiro atoms. The van der Waals surface area contributed by atoms with Gasteiger partial charge in [-0.1, -0.05) is 142 Å². The SMILES string of the molecule is CCCCCCCCCCCC[N-]S(=O)(=O)OC.CCCCCCCCCCCC[N-]S(=O)(=O)OC.[Ca+2]. The first-order valence-electron chi connectivity index (χ1n) is 14.2. The van der Waals surface area contributed by atoms with Crippen LogP contribution in [0.1, 0.15) is 142 Å². The maximum Gasteiger partial charge on any atom is 2.00 e. The van der Waals surface area contributed by atoms with Crippen molar-refractivity contribution in [3.8, 4) is 0 Å². The Bertz CT molecular complexity index is 593. The van der Waals surface area contributed by atoms with Gasteiger partial charge in [-0.3, -0.25) is 8.37 Å². The molecule has 0 rings (SSSR count). The number of nitrogens with zero attached hydrogens (tertiary/aromatic N) is 2. The van der Waals surface area contributed by atoms with E-state index in [0.717, 1.165) is 39.9 Å². The second-order valence-electron chi connectivity index (χ2n) is 9.26. The summed E-state index contributed by atoms with van der Waals surface area (Å²) >= 11 is 0. The third-order valence-corrected chi connectivity index (χ3v) is 7.78. The summed E-state index contributed by atoms with van der Waals surface area (Å²) in [5.74, 6) is 0. The molecule has 0 saturated heterocycles. The Morgan fingerprint density at radius 1 is 0.432 bits per heavy atom. The zero-order valence-electron chi connectivity index (χ0n) is 24.4. The molecule has 11 heteroatoms. The molecule has 37 heavy (non-hydrogen) atoms. The van der Waals surface area contributed by atoms with Gasteiger partial charge < -0.3 is 9.44 Å². The van der Waals surface area contributed by atoms with Crippen molar-refractivity contribution in [2.75, 3.05) is 27.3 Å². The van der Waals surface area contributed by atoms with Crippen molar-refractivity contribution in [3.05, 3.63) is 9.44 Å². The molecule has 0 fully saturated rings. The molecule has 0 bridgehead atoms. The molecule has 0 heterocycles. The minimum Gasteiger partial charge on any atom is -0.524 e. The van der Waals surface area contributed by atoms with Gasteiger partial charge in [0, 0.05) is 0 Å². The van der Waals surface area contributed by atoms with Crippen LogP contribution in [0.2, 0.25) is 0 Å². The summed E-state index contributed by atoms with van der Waals surface area (Å²) in [5.41, 5.74) is 0. The molecule has 0 aromatic heterocycles. The molecule has 0 unspecified atom stereocenters. The Morgan fingerprint density at radius 3 is 0.865 bits per heavy atom. The molecular weight excluding hydrogens is 541 g/mol. The molecule has 0 aliphatic heterocycles. The maximum absolute atomic E-state index is 10.9. The van der Waals surface area contributed by atoms with Crippen molar-refractivity contribution >= 4 is 58.3 Å². The maximum atomic E-state index is 10.9. The average Bonchev–Trinajstić information content (AvgIpc) is 2.86. The van der Waals surface area contributed by atoms with E-state index in [9.17, 15) is 16.8 Å². The molecule has 0 saturated carbocycles. The van der Waals surface area contributed by atoms with Gasteiger partial charge in [-0.05, 0) is 0 Å². The van der Waals surface area contributed by atoms with Gasteiger partial charge in [-0.15, -0.1) is 13.1 Å². The molecule has 0 atom stereocenters. The van der Waals surface area contributed by atoms with Crippen LogP contribution in [0.15, 0.2) is 0 Å². The fraction of sp³-hybridized carbons (Fsp3) is 1.00. The summed E-state index contributed by atoms with van der Waals surface area (Å²) in [6, 6.07) is 0. The van der Waals surface area contributed by atoms with Crippen molar-refractivity contribution in [2.24, 2.45) is 0 Å². The Morgan fingerprint density at radius 2 is 0.649 bits per heavy atom. The van der Waals surface area contributed by atoms with Crippen molar-refractivity contribution in [1.82, 2.24) is 0 Å². The summed E-state index contributed by atoms with van der Waals surface area (Å²) in [4.78, 5) is 0. The Balaban J connectivity index is -0.000000608. The van der Waals surface area contributed by atoms with Gasteiger partial charge in [0.2, 0.25) is 0 Å². The summed E-state index contributed by atoms with van der Waals surface area (Å²) in [6.45, 7) is 5.17. The van der Waals surface area contributed by atoms with Crippen LogP contribution in [0, 0.1) is 0 Å². The molecular formula is C26H56CaN2O6S2. The van der Waals surface area contributed by atoms with E-state index in [-0.39, 0.29) is 37.7 Å². The average molecular weight is 597 g/mol. The van der Waals surface area contributed by atoms with Gasteiger partial charge in [0.1, 0.15) is 0 Å². The van der Waals surface area contributed by atoms with E-state index in [1.165, 1.54) is 103 Å². The second kappa shape index (κ2) is 31.5. The molecule has 0 N–H and O–H groups in total. The number of rotatable bonds is 26. The van der Waals surface area contributed by atoms with Gasteiger partial charge in [0.05, 0.1) is 14.2 Å². The van der Waals surface area contributed by atoms with Gasteiger partial charge in [0.25, 0.3) is 0 Å². The Kier molecular flexibility index (Phi) is 36.2. The number of unbranched alkanes of at least 4 members (excludes halogenated alkanes) is 18. The summed E-state index contributed by atoms with van der Waals surface area (Å²) in [7, 11) is -4.94. The molecule has 0 aromatic rings. The third-order valence-electron chi connectivity index (χ3n) is 5.94. The predicted molar refractivity (Wildman–Crippen MR) is 158 cm³/mol. The zero-order chi connectivity index (χ0) is 27.4. The van der Waals surface area contributed by atoms with Crippen LogP contribution in [-0.2, 0) is 29.0 Å². The van der Waals surface area contributed by atoms with E-state index in [4.69, 9.17) is 0 Å². The first-order chi connectivity index (χ1) is 17.2. The number of hydrogen-bond donors (Lipinski definition) is 0. The molecule has 0 aromatic carbocycles. The molecule has 0 radical (unpaired) electrons. The topological polar surface area (TPSA) is 115 Å². The van der Waals surface area contributed by atoms with E-state index in [2.05, 4.69) is 31.7 Å². The van der Waals surface area contributed by atoms with Gasteiger partial charge in [-0.25, -0.2) is 16.8 Å². The van der Waals surface area contributed by atoms with Crippen molar-refractivity contribution < 1.29 is 25.2 Å². The first-order valence-corrected chi connectivity index (χ1v) is 17.0. The second-order valence-corrected chi connectivity index (χ2v) is 12.2. The summed E-state index contributed by atoms with van der Waals surface area (Å²) in [6.07, 6.45) is 24.7. The summed E-state index contributed by atoms with van der Waals surface area (Å²) < 4.78 is 58.9. The minimum absolute atomic E-state index is 0. The Hall–Kier alpha value is 1.000. The van der Waals surface area contributed by atoms with Crippen LogP contribution in [0.25, 0.3) is 9.44 Å². The minimum atomic E-state index is -3.60. The fourth-order valence-corrected chi connectivity index (χ4v) is 4.57. The smallest absolute Gasteiger partial charge is 0.524 e. The van der Waals surface area contributed by atoms with E-state index >= 15 is 0 Å². The van der Waals surface area contributed by atoms with Crippen molar-refractivity contribution in [2.45, 2.75) is 142 Å². The van der Waals surface area contributed by atoms with E-state index < -0.39 is 20.6 Å². The van der Waals surface area contributed by atoms with Gasteiger partial charge in [0.15, 0.2) is 20.6 Å². The van der Waals surface area contributed by atoms with Crippen LogP contribution < -0.4 is 0 Å². The number of hydrogen-bond acceptors (Lipinski definition) is 6. The van der Waals surface area contributed by atoms with Crippen LogP contribution in [0.4, 0.5) is 0 Å². The standard InChI is InChI=1S/2C13H28NO3S.Ca/c2*1-3-4-5-6-7-8-9-10-11-12-13-14-18(15,16)17-2;/h2*3-13H2,1-2H3;/q2*-1;+2. The van der Waals surface area contributed by atoms with Crippen LogP contribution in [0.3, 0.4) is 0 Å².